The summed E-state index contributed by atoms with van der Waals surface area (Å²) in [6.45, 7) is 2.48. The van der Waals surface area contributed by atoms with Crippen molar-refractivity contribution in [2.45, 2.75) is 43.7 Å². The molecule has 5 rings (SSSR count). The minimum Gasteiger partial charge on any atom is -0.480 e. The maximum Gasteiger partial charge on any atom is 0.410 e. The third-order valence-corrected chi connectivity index (χ3v) is 7.30. The highest BCUT2D eigenvalue weighted by atomic mass is 16.6. The number of likely N-dealkylation sites (tertiary alicyclic amines) is 2. The summed E-state index contributed by atoms with van der Waals surface area (Å²) in [6.07, 6.45) is 1.18. The Bertz CT molecular complexity index is 1050. The Morgan fingerprint density at radius 2 is 1.69 bits per heavy atom. The van der Waals surface area contributed by atoms with Crippen LogP contribution in [0.15, 0.2) is 48.5 Å². The van der Waals surface area contributed by atoms with E-state index >= 15 is 0 Å². The molecule has 0 bridgehead atoms. The van der Waals surface area contributed by atoms with E-state index < -0.39 is 23.6 Å². The fourth-order valence-electron chi connectivity index (χ4n) is 5.58. The second kappa shape index (κ2) is 7.65. The first kappa shape index (κ1) is 20.5. The van der Waals surface area contributed by atoms with Gasteiger partial charge in [-0.2, -0.15) is 0 Å². The van der Waals surface area contributed by atoms with Gasteiger partial charge in [0.2, 0.25) is 5.91 Å². The Labute approximate surface area is 186 Å². The number of benzene rings is 2. The monoisotopic (exact) mass is 434 g/mol. The standard InChI is InChI=1S/C25H26N2O5/c1-16(22(28)29)26-14-12-25(23(26)30)11-6-13-27(25)24(31)32-15-21-19-9-4-2-7-17(19)18-8-3-5-10-20(18)21/h2-5,7-10,16,21H,6,11-15H2,1H3,(H,28,29). The number of carboxylic acid groups (broad SMARTS) is 1. The number of ether oxygens (including phenoxy) is 1. The zero-order chi connectivity index (χ0) is 22.5. The van der Waals surface area contributed by atoms with Gasteiger partial charge in [-0.05, 0) is 48.4 Å². The number of amides is 2. The third-order valence-electron chi connectivity index (χ3n) is 7.30. The van der Waals surface area contributed by atoms with Gasteiger partial charge in [0.25, 0.3) is 0 Å². The summed E-state index contributed by atoms with van der Waals surface area (Å²) < 4.78 is 5.80. The maximum atomic E-state index is 13.2. The molecule has 2 aliphatic heterocycles. The molecule has 0 radical (unpaired) electrons. The molecule has 166 valence electrons. The molecular formula is C25H26N2O5. The van der Waals surface area contributed by atoms with E-state index in [2.05, 4.69) is 24.3 Å². The summed E-state index contributed by atoms with van der Waals surface area (Å²) in [7, 11) is 0. The molecule has 3 aliphatic rings. The van der Waals surface area contributed by atoms with Crippen LogP contribution in [0.4, 0.5) is 4.79 Å². The van der Waals surface area contributed by atoms with Crippen LogP contribution in [0.3, 0.4) is 0 Å². The molecule has 2 saturated heterocycles. The number of carbonyl (C=O) groups is 3. The van der Waals surface area contributed by atoms with Gasteiger partial charge in [-0.1, -0.05) is 48.5 Å². The van der Waals surface area contributed by atoms with Crippen LogP contribution in [0.1, 0.15) is 43.2 Å². The van der Waals surface area contributed by atoms with Gasteiger partial charge in [0, 0.05) is 19.0 Å². The number of carboxylic acids is 1. The molecule has 2 amide bonds. The van der Waals surface area contributed by atoms with Crippen molar-refractivity contribution in [3.63, 3.8) is 0 Å². The van der Waals surface area contributed by atoms with E-state index in [1.54, 1.807) is 0 Å². The SMILES string of the molecule is CC(C(=O)O)N1CCC2(CCCN2C(=O)OCC2c3ccccc3-c3ccccc32)C1=O. The predicted molar refractivity (Wildman–Crippen MR) is 117 cm³/mol. The van der Waals surface area contributed by atoms with Crippen molar-refractivity contribution in [3.8, 4) is 11.1 Å². The van der Waals surface area contributed by atoms with Gasteiger partial charge < -0.3 is 14.7 Å². The van der Waals surface area contributed by atoms with E-state index in [1.165, 1.54) is 16.7 Å². The minimum absolute atomic E-state index is 0.0484. The molecule has 1 aliphatic carbocycles. The molecule has 0 saturated carbocycles. The van der Waals surface area contributed by atoms with Gasteiger partial charge in [-0.15, -0.1) is 0 Å². The van der Waals surface area contributed by atoms with Crippen LogP contribution >= 0.6 is 0 Å². The average molecular weight is 434 g/mol. The molecule has 1 N–H and O–H groups in total. The molecule has 2 aromatic rings. The molecule has 1 spiro atoms. The zero-order valence-electron chi connectivity index (χ0n) is 18.0. The van der Waals surface area contributed by atoms with Crippen molar-refractivity contribution in [1.82, 2.24) is 9.80 Å². The van der Waals surface area contributed by atoms with Crippen LogP contribution < -0.4 is 0 Å². The number of hydrogen-bond acceptors (Lipinski definition) is 4. The van der Waals surface area contributed by atoms with Crippen molar-refractivity contribution in [2.24, 2.45) is 0 Å². The molecule has 2 aromatic carbocycles. The molecule has 2 heterocycles. The Kier molecular flexibility index (Phi) is 4.92. The predicted octanol–water partition coefficient (Wildman–Crippen LogP) is 3.48. The number of hydrogen-bond donors (Lipinski definition) is 1. The average Bonchev–Trinajstić information content (AvgIpc) is 3.47. The summed E-state index contributed by atoms with van der Waals surface area (Å²) in [5, 5.41) is 9.33. The van der Waals surface area contributed by atoms with Crippen molar-refractivity contribution in [3.05, 3.63) is 59.7 Å². The van der Waals surface area contributed by atoms with Crippen molar-refractivity contribution >= 4 is 18.0 Å². The van der Waals surface area contributed by atoms with Gasteiger partial charge in [-0.3, -0.25) is 9.69 Å². The first-order chi connectivity index (χ1) is 15.4. The van der Waals surface area contributed by atoms with E-state index in [0.717, 1.165) is 22.3 Å². The Morgan fingerprint density at radius 1 is 1.06 bits per heavy atom. The molecule has 2 fully saturated rings. The fraction of sp³-hybridized carbons (Fsp3) is 0.400. The third kappa shape index (κ3) is 2.98. The van der Waals surface area contributed by atoms with Crippen LogP contribution in [-0.2, 0) is 14.3 Å². The molecule has 7 nitrogen and oxygen atoms in total. The summed E-state index contributed by atoms with van der Waals surface area (Å²) in [6, 6.07) is 15.4. The van der Waals surface area contributed by atoms with Gasteiger partial charge in [0.1, 0.15) is 18.2 Å². The van der Waals surface area contributed by atoms with E-state index in [1.807, 2.05) is 24.3 Å². The number of nitrogens with zero attached hydrogens (tertiary/aromatic N) is 2. The Hall–Kier alpha value is -3.35. The van der Waals surface area contributed by atoms with Gasteiger partial charge >= 0.3 is 12.1 Å². The summed E-state index contributed by atoms with van der Waals surface area (Å²) in [5.74, 6) is -1.37. The number of aliphatic carboxylic acids is 1. The fourth-order valence-corrected chi connectivity index (χ4v) is 5.58. The number of rotatable bonds is 4. The summed E-state index contributed by atoms with van der Waals surface area (Å²) in [5.41, 5.74) is 3.61. The van der Waals surface area contributed by atoms with Crippen LogP contribution in [0.2, 0.25) is 0 Å². The first-order valence-electron chi connectivity index (χ1n) is 11.1. The molecule has 32 heavy (non-hydrogen) atoms. The van der Waals surface area contributed by atoms with Gasteiger partial charge in [-0.25, -0.2) is 9.59 Å². The highest BCUT2D eigenvalue weighted by Crippen LogP contribution is 2.45. The number of carbonyl (C=O) groups excluding carboxylic acids is 2. The lowest BCUT2D eigenvalue weighted by Gasteiger charge is -2.33. The molecule has 0 aromatic heterocycles. The van der Waals surface area contributed by atoms with E-state index in [4.69, 9.17) is 4.74 Å². The van der Waals surface area contributed by atoms with Gasteiger partial charge in [0.15, 0.2) is 0 Å². The number of fused-ring (bicyclic) bond motifs is 3. The van der Waals surface area contributed by atoms with E-state index in [9.17, 15) is 19.5 Å². The molecule has 7 heteroatoms. The van der Waals surface area contributed by atoms with Crippen LogP contribution in [0.5, 0.6) is 0 Å². The lowest BCUT2D eigenvalue weighted by Crippen LogP contribution is -2.54. The van der Waals surface area contributed by atoms with E-state index in [0.29, 0.717) is 32.4 Å². The van der Waals surface area contributed by atoms with Crippen LogP contribution in [-0.4, -0.2) is 64.2 Å². The summed E-state index contributed by atoms with van der Waals surface area (Å²) in [4.78, 5) is 40.7. The Balaban J connectivity index is 1.34. The second-order valence-corrected chi connectivity index (χ2v) is 8.85. The quantitative estimate of drug-likeness (QED) is 0.796. The minimum atomic E-state index is -1.04. The van der Waals surface area contributed by atoms with Crippen molar-refractivity contribution < 1.29 is 24.2 Å². The van der Waals surface area contributed by atoms with E-state index in [-0.39, 0.29) is 18.4 Å². The topological polar surface area (TPSA) is 87.2 Å². The Morgan fingerprint density at radius 3 is 2.31 bits per heavy atom. The maximum absolute atomic E-state index is 13.2. The zero-order valence-corrected chi connectivity index (χ0v) is 18.0. The highest BCUT2D eigenvalue weighted by Gasteiger charge is 2.57. The molecular weight excluding hydrogens is 408 g/mol. The lowest BCUT2D eigenvalue weighted by molar-refractivity contribution is -0.150. The van der Waals surface area contributed by atoms with Crippen molar-refractivity contribution in [2.75, 3.05) is 19.7 Å². The van der Waals surface area contributed by atoms with Crippen LogP contribution in [0.25, 0.3) is 11.1 Å². The van der Waals surface area contributed by atoms with Crippen molar-refractivity contribution in [1.29, 1.82) is 0 Å². The summed E-state index contributed by atoms with van der Waals surface area (Å²) >= 11 is 0. The largest absolute Gasteiger partial charge is 0.480 e. The lowest BCUT2D eigenvalue weighted by atomic mass is 9.94. The first-order valence-corrected chi connectivity index (χ1v) is 11.1. The highest BCUT2D eigenvalue weighted by molar-refractivity contribution is 5.95. The molecule has 2 unspecified atom stereocenters. The smallest absolute Gasteiger partial charge is 0.410 e. The normalized spacial score (nSPS) is 22.8. The van der Waals surface area contributed by atoms with Crippen LogP contribution in [0, 0.1) is 0 Å². The second-order valence-electron chi connectivity index (χ2n) is 8.85. The van der Waals surface area contributed by atoms with Gasteiger partial charge in [0.05, 0.1) is 0 Å². The molecule has 2 atom stereocenters.